The van der Waals surface area contributed by atoms with Gasteiger partial charge in [0.2, 0.25) is 0 Å². The summed E-state index contributed by atoms with van der Waals surface area (Å²) in [4.78, 5) is 0. The van der Waals surface area contributed by atoms with E-state index in [1.165, 1.54) is 12.1 Å². The maximum absolute atomic E-state index is 12.3. The third-order valence-corrected chi connectivity index (χ3v) is 3.44. The Bertz CT molecular complexity index is 595. The van der Waals surface area contributed by atoms with Crippen molar-refractivity contribution in [3.63, 3.8) is 0 Å². The smallest absolute Gasteiger partial charge is 0.387 e. The Morgan fingerprint density at radius 1 is 1.14 bits per heavy atom. The molecule has 0 amide bonds. The molecule has 21 heavy (non-hydrogen) atoms. The lowest BCUT2D eigenvalue weighted by molar-refractivity contribution is -0.0499. The van der Waals surface area contributed by atoms with Crippen LogP contribution >= 0.6 is 11.6 Å². The molecule has 2 aromatic carbocycles. The molecular formula is C15H15ClF2N2O. The highest BCUT2D eigenvalue weighted by atomic mass is 35.5. The van der Waals surface area contributed by atoms with Crippen LogP contribution in [0.4, 0.5) is 8.78 Å². The van der Waals surface area contributed by atoms with Gasteiger partial charge in [0.25, 0.3) is 0 Å². The molecular weight excluding hydrogens is 298 g/mol. The number of ether oxygens (including phenoxy) is 1. The number of rotatable bonds is 6. The number of benzene rings is 2. The fourth-order valence-corrected chi connectivity index (χ4v) is 2.28. The van der Waals surface area contributed by atoms with Crippen molar-refractivity contribution in [1.82, 2.24) is 5.43 Å². The zero-order chi connectivity index (χ0) is 15.2. The first-order chi connectivity index (χ1) is 10.1. The minimum absolute atomic E-state index is 0.0990. The summed E-state index contributed by atoms with van der Waals surface area (Å²) in [5.74, 6) is 5.67. The van der Waals surface area contributed by atoms with Crippen LogP contribution in [-0.4, -0.2) is 6.61 Å². The predicted octanol–water partition coefficient (Wildman–Crippen LogP) is 3.69. The third kappa shape index (κ3) is 4.39. The molecule has 0 saturated heterocycles. The van der Waals surface area contributed by atoms with E-state index in [-0.39, 0.29) is 11.8 Å². The lowest BCUT2D eigenvalue weighted by Crippen LogP contribution is -2.29. The third-order valence-electron chi connectivity index (χ3n) is 3.07. The van der Waals surface area contributed by atoms with Crippen molar-refractivity contribution < 1.29 is 13.5 Å². The maximum Gasteiger partial charge on any atom is 0.387 e. The highest BCUT2D eigenvalue weighted by molar-refractivity contribution is 6.31. The molecule has 0 aromatic heterocycles. The van der Waals surface area contributed by atoms with Gasteiger partial charge in [-0.2, -0.15) is 8.78 Å². The number of hydrogen-bond donors (Lipinski definition) is 2. The molecule has 0 heterocycles. The molecule has 2 aromatic rings. The molecule has 112 valence electrons. The van der Waals surface area contributed by atoms with Crippen LogP contribution in [0.3, 0.4) is 0 Å². The zero-order valence-electron chi connectivity index (χ0n) is 11.1. The SMILES string of the molecule is NNC(Cc1ccccc1Cl)c1cccc(OC(F)F)c1. The summed E-state index contributed by atoms with van der Waals surface area (Å²) in [5, 5.41) is 0.637. The quantitative estimate of drug-likeness (QED) is 0.632. The normalized spacial score (nSPS) is 12.4. The van der Waals surface area contributed by atoms with Crippen LogP contribution in [0.25, 0.3) is 0 Å². The summed E-state index contributed by atoms with van der Waals surface area (Å²) in [6, 6.07) is 13.6. The van der Waals surface area contributed by atoms with Gasteiger partial charge < -0.3 is 4.74 Å². The van der Waals surface area contributed by atoms with E-state index in [1.807, 2.05) is 18.2 Å². The Kier molecular flexibility index (Phi) is 5.50. The molecule has 0 spiro atoms. The maximum atomic E-state index is 12.3. The lowest BCUT2D eigenvalue weighted by Gasteiger charge is -2.18. The van der Waals surface area contributed by atoms with E-state index in [4.69, 9.17) is 17.4 Å². The van der Waals surface area contributed by atoms with Crippen LogP contribution in [0.5, 0.6) is 5.75 Å². The topological polar surface area (TPSA) is 47.3 Å². The van der Waals surface area contributed by atoms with Crippen LogP contribution < -0.4 is 16.0 Å². The standard InChI is InChI=1S/C15H15ClF2N2O/c16-13-7-2-1-4-10(13)9-14(20-19)11-5-3-6-12(8-11)21-15(17)18/h1-8,14-15,20H,9,19H2. The molecule has 0 aliphatic carbocycles. The van der Waals surface area contributed by atoms with Crippen LogP contribution in [0.15, 0.2) is 48.5 Å². The van der Waals surface area contributed by atoms with Gasteiger partial charge >= 0.3 is 6.61 Å². The molecule has 0 aliphatic heterocycles. The van der Waals surface area contributed by atoms with Gasteiger partial charge in [-0.3, -0.25) is 11.3 Å². The van der Waals surface area contributed by atoms with Gasteiger partial charge in [0, 0.05) is 5.02 Å². The Morgan fingerprint density at radius 2 is 1.90 bits per heavy atom. The Labute approximate surface area is 126 Å². The second-order valence-corrected chi connectivity index (χ2v) is 4.87. The highest BCUT2D eigenvalue weighted by Gasteiger charge is 2.14. The Balaban J connectivity index is 2.19. The summed E-state index contributed by atoms with van der Waals surface area (Å²) in [5.41, 5.74) is 4.34. The highest BCUT2D eigenvalue weighted by Crippen LogP contribution is 2.25. The number of alkyl halides is 2. The van der Waals surface area contributed by atoms with E-state index in [1.54, 1.807) is 18.2 Å². The predicted molar refractivity (Wildman–Crippen MR) is 78.3 cm³/mol. The molecule has 0 radical (unpaired) electrons. The fraction of sp³-hybridized carbons (Fsp3) is 0.200. The van der Waals surface area contributed by atoms with E-state index in [0.717, 1.165) is 11.1 Å². The zero-order valence-corrected chi connectivity index (χ0v) is 11.9. The Hall–Kier alpha value is -1.69. The van der Waals surface area contributed by atoms with E-state index < -0.39 is 6.61 Å². The lowest BCUT2D eigenvalue weighted by atomic mass is 9.99. The molecule has 1 atom stereocenters. The summed E-state index contributed by atoms with van der Waals surface area (Å²) >= 11 is 6.12. The molecule has 1 unspecified atom stereocenters. The van der Waals surface area contributed by atoms with E-state index in [9.17, 15) is 8.78 Å². The Morgan fingerprint density at radius 3 is 2.57 bits per heavy atom. The first-order valence-corrected chi connectivity index (χ1v) is 6.72. The minimum atomic E-state index is -2.85. The number of hydrazine groups is 1. The van der Waals surface area contributed by atoms with Crippen molar-refractivity contribution in [1.29, 1.82) is 0 Å². The summed E-state index contributed by atoms with van der Waals surface area (Å²) < 4.78 is 28.9. The number of nitrogens with two attached hydrogens (primary N) is 1. The average Bonchev–Trinajstić information content (AvgIpc) is 2.46. The largest absolute Gasteiger partial charge is 0.435 e. The van der Waals surface area contributed by atoms with Crippen molar-refractivity contribution in [2.24, 2.45) is 5.84 Å². The van der Waals surface area contributed by atoms with Crippen LogP contribution in [-0.2, 0) is 6.42 Å². The van der Waals surface area contributed by atoms with Crippen molar-refractivity contribution in [3.8, 4) is 5.75 Å². The van der Waals surface area contributed by atoms with Gasteiger partial charge in [-0.05, 0) is 35.7 Å². The van der Waals surface area contributed by atoms with Crippen molar-refractivity contribution in [2.45, 2.75) is 19.1 Å². The minimum Gasteiger partial charge on any atom is -0.435 e. The van der Waals surface area contributed by atoms with Gasteiger partial charge in [0.1, 0.15) is 5.75 Å². The van der Waals surface area contributed by atoms with Crippen LogP contribution in [0, 0.1) is 0 Å². The van der Waals surface area contributed by atoms with E-state index >= 15 is 0 Å². The molecule has 6 heteroatoms. The van der Waals surface area contributed by atoms with Crippen molar-refractivity contribution in [3.05, 3.63) is 64.7 Å². The van der Waals surface area contributed by atoms with Gasteiger partial charge in [-0.15, -0.1) is 0 Å². The van der Waals surface area contributed by atoms with Gasteiger partial charge in [0.15, 0.2) is 0 Å². The van der Waals surface area contributed by atoms with Gasteiger partial charge in [-0.25, -0.2) is 0 Å². The van der Waals surface area contributed by atoms with Gasteiger partial charge in [-0.1, -0.05) is 41.9 Å². The molecule has 0 saturated carbocycles. The van der Waals surface area contributed by atoms with Crippen molar-refractivity contribution >= 4 is 11.6 Å². The molecule has 0 fully saturated rings. The van der Waals surface area contributed by atoms with E-state index in [2.05, 4.69) is 10.2 Å². The molecule has 2 rings (SSSR count). The number of halogens is 3. The average molecular weight is 313 g/mol. The monoisotopic (exact) mass is 312 g/mol. The van der Waals surface area contributed by atoms with Crippen LogP contribution in [0.2, 0.25) is 5.02 Å². The van der Waals surface area contributed by atoms with Crippen molar-refractivity contribution in [2.75, 3.05) is 0 Å². The first-order valence-electron chi connectivity index (χ1n) is 6.34. The van der Waals surface area contributed by atoms with Crippen LogP contribution in [0.1, 0.15) is 17.2 Å². The second-order valence-electron chi connectivity index (χ2n) is 4.47. The van der Waals surface area contributed by atoms with Gasteiger partial charge in [0.05, 0.1) is 6.04 Å². The molecule has 0 bridgehead atoms. The van der Waals surface area contributed by atoms with E-state index in [0.29, 0.717) is 11.4 Å². The second kappa shape index (κ2) is 7.36. The summed E-state index contributed by atoms with van der Waals surface area (Å²) in [6.07, 6.45) is 0.536. The summed E-state index contributed by atoms with van der Waals surface area (Å²) in [7, 11) is 0. The number of nitrogens with one attached hydrogen (secondary N) is 1. The number of hydrogen-bond acceptors (Lipinski definition) is 3. The summed E-state index contributed by atoms with van der Waals surface area (Å²) in [6.45, 7) is -2.85. The molecule has 3 nitrogen and oxygen atoms in total. The molecule has 0 aliphatic rings. The first kappa shape index (κ1) is 15.7. The molecule has 3 N–H and O–H groups in total. The fourth-order valence-electron chi connectivity index (χ4n) is 2.06.